The molecule has 9 heteroatoms. The van der Waals surface area contributed by atoms with Crippen LogP contribution in [0.4, 0.5) is 0 Å². The van der Waals surface area contributed by atoms with Crippen molar-refractivity contribution in [2.75, 3.05) is 0 Å². The second kappa shape index (κ2) is 7.26. The maximum absolute atomic E-state index is 12.7. The van der Waals surface area contributed by atoms with Gasteiger partial charge in [-0.3, -0.25) is 0 Å². The van der Waals surface area contributed by atoms with E-state index in [9.17, 15) is 13.5 Å². The molecule has 5 aromatic rings. The van der Waals surface area contributed by atoms with Crippen LogP contribution < -0.4 is 4.18 Å². The maximum Gasteiger partial charge on any atom is 0.339 e. The monoisotopic (exact) mass is 451 g/mol. The smallest absolute Gasteiger partial charge is 0.339 e. The van der Waals surface area contributed by atoms with Crippen molar-refractivity contribution in [3.63, 3.8) is 0 Å². The van der Waals surface area contributed by atoms with Crippen molar-refractivity contribution in [2.24, 2.45) is 0 Å². The SMILES string of the molecule is O=S(=O)(Oc1ccc(-n2nc3ccc(Cl)cc3n2)c(O)c1)c1ccc2ccccc2c1. The molecule has 1 heterocycles. The lowest BCUT2D eigenvalue weighted by Crippen LogP contribution is -2.10. The van der Waals surface area contributed by atoms with Crippen molar-refractivity contribution in [2.45, 2.75) is 4.90 Å². The van der Waals surface area contributed by atoms with E-state index >= 15 is 0 Å². The first-order valence-electron chi connectivity index (χ1n) is 9.18. The Morgan fingerprint density at radius 2 is 1.61 bits per heavy atom. The number of rotatable bonds is 4. The van der Waals surface area contributed by atoms with Crippen LogP contribution in [0.5, 0.6) is 11.5 Å². The Kier molecular flexibility index (Phi) is 4.53. The quantitative estimate of drug-likeness (QED) is 0.398. The highest BCUT2D eigenvalue weighted by molar-refractivity contribution is 7.87. The standard InChI is InChI=1S/C22H14ClN3O4S/c23-16-6-9-19-20(12-16)25-26(24-19)21-10-7-17(13-22(21)27)30-31(28,29)18-8-5-14-3-1-2-4-15(14)11-18/h1-13,27H. The average molecular weight is 452 g/mol. The van der Waals surface area contributed by atoms with Gasteiger partial charge in [-0.05, 0) is 53.2 Å². The van der Waals surface area contributed by atoms with E-state index in [1.54, 1.807) is 30.3 Å². The lowest BCUT2D eigenvalue weighted by atomic mass is 10.1. The molecule has 0 aliphatic carbocycles. The summed E-state index contributed by atoms with van der Waals surface area (Å²) in [4.78, 5) is 1.27. The number of hydrogen-bond acceptors (Lipinski definition) is 6. The molecule has 0 aliphatic heterocycles. The Morgan fingerprint density at radius 1 is 0.839 bits per heavy atom. The van der Waals surface area contributed by atoms with Crippen LogP contribution in [0.15, 0.2) is 83.8 Å². The Labute approximate surface area is 182 Å². The van der Waals surface area contributed by atoms with Crippen LogP contribution in [0.1, 0.15) is 0 Å². The van der Waals surface area contributed by atoms with Gasteiger partial charge >= 0.3 is 10.1 Å². The molecule has 5 rings (SSSR count). The van der Waals surface area contributed by atoms with Crippen molar-refractivity contribution < 1.29 is 17.7 Å². The number of phenolic OH excluding ortho intramolecular Hbond substituents is 1. The van der Waals surface area contributed by atoms with E-state index in [2.05, 4.69) is 10.2 Å². The number of aromatic nitrogens is 3. The first-order valence-corrected chi connectivity index (χ1v) is 11.0. The molecule has 154 valence electrons. The van der Waals surface area contributed by atoms with Gasteiger partial charge in [-0.25, -0.2) is 0 Å². The minimum Gasteiger partial charge on any atom is -0.505 e. The summed E-state index contributed by atoms with van der Waals surface area (Å²) in [6.45, 7) is 0. The topological polar surface area (TPSA) is 94.3 Å². The van der Waals surface area contributed by atoms with Gasteiger partial charge in [0.15, 0.2) is 0 Å². The summed E-state index contributed by atoms with van der Waals surface area (Å²) in [5.41, 5.74) is 1.43. The first-order chi connectivity index (χ1) is 14.9. The average Bonchev–Trinajstić information content (AvgIpc) is 3.16. The van der Waals surface area contributed by atoms with E-state index in [0.717, 1.165) is 10.8 Å². The summed E-state index contributed by atoms with van der Waals surface area (Å²) < 4.78 is 30.7. The fraction of sp³-hybridized carbons (Fsp3) is 0. The third-order valence-corrected chi connectivity index (χ3v) is 6.20. The van der Waals surface area contributed by atoms with Crippen molar-refractivity contribution >= 4 is 43.5 Å². The molecule has 0 saturated carbocycles. The molecule has 0 bridgehead atoms. The van der Waals surface area contributed by atoms with Gasteiger partial charge in [-0.1, -0.05) is 41.9 Å². The van der Waals surface area contributed by atoms with Crippen LogP contribution in [0, 0.1) is 0 Å². The largest absolute Gasteiger partial charge is 0.505 e. The molecule has 1 aromatic heterocycles. The van der Waals surface area contributed by atoms with Gasteiger partial charge in [0.2, 0.25) is 0 Å². The molecule has 0 amide bonds. The predicted octanol–water partition coefficient (Wildman–Crippen LogP) is 4.70. The van der Waals surface area contributed by atoms with Crippen LogP contribution in [-0.2, 0) is 10.1 Å². The number of phenols is 1. The Hall–Kier alpha value is -3.62. The Morgan fingerprint density at radius 3 is 2.42 bits per heavy atom. The minimum atomic E-state index is -4.09. The van der Waals surface area contributed by atoms with E-state index in [0.29, 0.717) is 16.1 Å². The number of fused-ring (bicyclic) bond motifs is 2. The zero-order valence-corrected chi connectivity index (χ0v) is 17.4. The molecule has 0 atom stereocenters. The number of aromatic hydroxyl groups is 1. The van der Waals surface area contributed by atoms with E-state index in [-0.39, 0.29) is 22.1 Å². The van der Waals surface area contributed by atoms with E-state index < -0.39 is 10.1 Å². The van der Waals surface area contributed by atoms with Gasteiger partial charge in [-0.15, -0.1) is 15.0 Å². The van der Waals surface area contributed by atoms with E-state index in [1.807, 2.05) is 24.3 Å². The van der Waals surface area contributed by atoms with Gasteiger partial charge in [0.05, 0.1) is 0 Å². The third-order valence-electron chi connectivity index (χ3n) is 4.72. The van der Waals surface area contributed by atoms with E-state index in [4.69, 9.17) is 15.8 Å². The highest BCUT2D eigenvalue weighted by Crippen LogP contribution is 2.29. The lowest BCUT2D eigenvalue weighted by molar-refractivity contribution is 0.458. The van der Waals surface area contributed by atoms with Crippen LogP contribution in [-0.4, -0.2) is 28.5 Å². The maximum atomic E-state index is 12.7. The van der Waals surface area contributed by atoms with Crippen LogP contribution >= 0.6 is 11.6 Å². The summed E-state index contributed by atoms with van der Waals surface area (Å²) in [6, 6.07) is 21.3. The third kappa shape index (κ3) is 3.67. The van der Waals surface area contributed by atoms with Crippen molar-refractivity contribution in [1.29, 1.82) is 0 Å². The second-order valence-corrected chi connectivity index (χ2v) is 8.80. The van der Waals surface area contributed by atoms with Gasteiger partial charge in [0, 0.05) is 11.1 Å². The zero-order chi connectivity index (χ0) is 21.6. The summed E-state index contributed by atoms with van der Waals surface area (Å²) in [5.74, 6) is -0.272. The molecule has 0 unspecified atom stereocenters. The Bertz CT molecular complexity index is 1560. The molecular weight excluding hydrogens is 438 g/mol. The summed E-state index contributed by atoms with van der Waals surface area (Å²) in [7, 11) is -4.09. The highest BCUT2D eigenvalue weighted by Gasteiger charge is 2.19. The van der Waals surface area contributed by atoms with E-state index in [1.165, 1.54) is 29.1 Å². The first kappa shape index (κ1) is 19.3. The van der Waals surface area contributed by atoms with Gasteiger partial charge in [0.25, 0.3) is 0 Å². The van der Waals surface area contributed by atoms with Crippen LogP contribution in [0.3, 0.4) is 0 Å². The Balaban J connectivity index is 1.46. The van der Waals surface area contributed by atoms with Gasteiger partial charge in [-0.2, -0.15) is 8.42 Å². The number of nitrogens with zero attached hydrogens (tertiary/aromatic N) is 3. The molecule has 7 nitrogen and oxygen atoms in total. The van der Waals surface area contributed by atoms with Crippen molar-refractivity contribution in [3.05, 3.63) is 83.9 Å². The molecule has 31 heavy (non-hydrogen) atoms. The second-order valence-electron chi connectivity index (χ2n) is 6.82. The molecule has 0 aliphatic rings. The summed E-state index contributed by atoms with van der Waals surface area (Å²) in [6.07, 6.45) is 0. The molecule has 0 saturated heterocycles. The molecule has 0 fully saturated rings. The fourth-order valence-electron chi connectivity index (χ4n) is 3.22. The van der Waals surface area contributed by atoms with Gasteiger partial charge in [0.1, 0.15) is 33.1 Å². The van der Waals surface area contributed by atoms with Crippen LogP contribution in [0.2, 0.25) is 5.02 Å². The molecular formula is C22H14ClN3O4S. The molecule has 4 aromatic carbocycles. The predicted molar refractivity (Wildman–Crippen MR) is 117 cm³/mol. The number of hydrogen-bond donors (Lipinski definition) is 1. The van der Waals surface area contributed by atoms with Crippen LogP contribution in [0.25, 0.3) is 27.5 Å². The summed E-state index contributed by atoms with van der Waals surface area (Å²) in [5, 5.41) is 21.2. The van der Waals surface area contributed by atoms with Gasteiger partial charge < -0.3 is 9.29 Å². The number of benzene rings is 4. The lowest BCUT2D eigenvalue weighted by Gasteiger charge is -2.10. The number of halogens is 1. The normalized spacial score (nSPS) is 11.8. The summed E-state index contributed by atoms with van der Waals surface area (Å²) >= 11 is 5.97. The zero-order valence-electron chi connectivity index (χ0n) is 15.8. The molecule has 0 spiro atoms. The minimum absolute atomic E-state index is 0.0200. The van der Waals surface area contributed by atoms with Crippen molar-refractivity contribution in [3.8, 4) is 17.2 Å². The molecule has 1 N–H and O–H groups in total. The molecule has 0 radical (unpaired) electrons. The highest BCUT2D eigenvalue weighted by atomic mass is 35.5. The fourth-order valence-corrected chi connectivity index (χ4v) is 4.34. The van der Waals surface area contributed by atoms with Crippen molar-refractivity contribution in [1.82, 2.24) is 15.0 Å².